The lowest BCUT2D eigenvalue weighted by atomic mass is 10.0. The Labute approximate surface area is 75.6 Å². The van der Waals surface area contributed by atoms with Crippen LogP contribution in [-0.4, -0.2) is 36.9 Å². The van der Waals surface area contributed by atoms with E-state index < -0.39 is 17.9 Å². The van der Waals surface area contributed by atoms with Crippen LogP contribution in [0.1, 0.15) is 6.92 Å². The smallest absolute Gasteiger partial charge is 0.314 e. The molecule has 1 atom stereocenters. The molecule has 0 aliphatic carbocycles. The number of hydrogen-bond acceptors (Lipinski definition) is 4. The van der Waals surface area contributed by atoms with Gasteiger partial charge in [-0.3, -0.25) is 4.79 Å². The van der Waals surface area contributed by atoms with Crippen molar-refractivity contribution >= 4 is 5.97 Å². The van der Waals surface area contributed by atoms with E-state index in [0.29, 0.717) is 19.8 Å². The summed E-state index contributed by atoms with van der Waals surface area (Å²) >= 11 is 0. The standard InChI is InChI=1S/C8H12O5/c1-5(7(9)10)8-11-2-6(3-12-8)4-13-8/h5-6H,2-4H2,1H3,(H,9,10). The fourth-order valence-electron chi connectivity index (χ4n) is 1.50. The zero-order chi connectivity index (χ0) is 9.47. The van der Waals surface area contributed by atoms with Crippen LogP contribution in [0, 0.1) is 11.8 Å². The molecular weight excluding hydrogens is 176 g/mol. The number of carboxylic acid groups (broad SMARTS) is 1. The van der Waals surface area contributed by atoms with Gasteiger partial charge in [-0.1, -0.05) is 0 Å². The Balaban J connectivity index is 2.14. The first-order valence-electron chi connectivity index (χ1n) is 4.29. The van der Waals surface area contributed by atoms with Crippen LogP contribution in [0.25, 0.3) is 0 Å². The van der Waals surface area contributed by atoms with Crippen LogP contribution in [0.4, 0.5) is 0 Å². The summed E-state index contributed by atoms with van der Waals surface area (Å²) in [5.74, 6) is -2.85. The number of ether oxygens (including phenoxy) is 3. The third-order valence-electron chi connectivity index (χ3n) is 2.46. The average Bonchev–Trinajstić information content (AvgIpc) is 2.19. The highest BCUT2D eigenvalue weighted by Gasteiger charge is 2.51. The summed E-state index contributed by atoms with van der Waals surface area (Å²) in [5, 5.41) is 8.81. The Morgan fingerprint density at radius 3 is 2.23 bits per heavy atom. The molecule has 0 aromatic rings. The number of aliphatic carboxylic acids is 1. The van der Waals surface area contributed by atoms with Gasteiger partial charge >= 0.3 is 5.97 Å². The van der Waals surface area contributed by atoms with Crippen LogP contribution < -0.4 is 0 Å². The second kappa shape index (κ2) is 2.94. The lowest BCUT2D eigenvalue weighted by Crippen LogP contribution is -2.58. The van der Waals surface area contributed by atoms with Crippen molar-refractivity contribution < 1.29 is 24.1 Å². The van der Waals surface area contributed by atoms with Crippen molar-refractivity contribution in [2.24, 2.45) is 11.8 Å². The summed E-state index contributed by atoms with van der Waals surface area (Å²) in [6.07, 6.45) is 0. The lowest BCUT2D eigenvalue weighted by molar-refractivity contribution is -0.461. The summed E-state index contributed by atoms with van der Waals surface area (Å²) in [6, 6.07) is 0. The van der Waals surface area contributed by atoms with E-state index in [4.69, 9.17) is 19.3 Å². The Morgan fingerprint density at radius 1 is 1.38 bits per heavy atom. The van der Waals surface area contributed by atoms with Crippen LogP contribution in [0.2, 0.25) is 0 Å². The van der Waals surface area contributed by atoms with Crippen molar-refractivity contribution in [2.45, 2.75) is 12.9 Å². The number of carbonyl (C=O) groups is 1. The van der Waals surface area contributed by atoms with Gasteiger partial charge in [0.25, 0.3) is 5.97 Å². The van der Waals surface area contributed by atoms with Gasteiger partial charge in [0.05, 0.1) is 19.8 Å². The maximum atomic E-state index is 10.7. The van der Waals surface area contributed by atoms with E-state index >= 15 is 0 Å². The van der Waals surface area contributed by atoms with Gasteiger partial charge in [-0.15, -0.1) is 0 Å². The zero-order valence-corrected chi connectivity index (χ0v) is 7.36. The zero-order valence-electron chi connectivity index (χ0n) is 7.36. The van der Waals surface area contributed by atoms with Crippen LogP contribution >= 0.6 is 0 Å². The number of hydrogen-bond donors (Lipinski definition) is 1. The Bertz CT molecular complexity index is 205. The number of carboxylic acids is 1. The van der Waals surface area contributed by atoms with E-state index in [9.17, 15) is 4.79 Å². The van der Waals surface area contributed by atoms with Crippen molar-refractivity contribution in [3.63, 3.8) is 0 Å². The molecule has 74 valence electrons. The topological polar surface area (TPSA) is 65.0 Å². The lowest BCUT2D eigenvalue weighted by Gasteiger charge is -2.46. The van der Waals surface area contributed by atoms with Gasteiger partial charge < -0.3 is 19.3 Å². The van der Waals surface area contributed by atoms with Crippen LogP contribution in [0.5, 0.6) is 0 Å². The van der Waals surface area contributed by atoms with Crippen molar-refractivity contribution in [1.29, 1.82) is 0 Å². The first-order valence-corrected chi connectivity index (χ1v) is 4.29. The third kappa shape index (κ3) is 1.33. The number of fused-ring (bicyclic) bond motifs is 3. The molecule has 3 aliphatic heterocycles. The van der Waals surface area contributed by atoms with E-state index in [-0.39, 0.29) is 5.92 Å². The third-order valence-corrected chi connectivity index (χ3v) is 2.46. The van der Waals surface area contributed by atoms with Crippen LogP contribution in [0.3, 0.4) is 0 Å². The van der Waals surface area contributed by atoms with Gasteiger partial charge in [0.15, 0.2) is 0 Å². The predicted molar refractivity (Wildman–Crippen MR) is 40.9 cm³/mol. The molecular formula is C8H12O5. The molecule has 0 radical (unpaired) electrons. The summed E-state index contributed by atoms with van der Waals surface area (Å²) < 4.78 is 15.8. The van der Waals surface area contributed by atoms with Crippen molar-refractivity contribution in [3.8, 4) is 0 Å². The van der Waals surface area contributed by atoms with Gasteiger partial charge in [-0.25, -0.2) is 0 Å². The van der Waals surface area contributed by atoms with Gasteiger partial charge in [-0.05, 0) is 6.92 Å². The van der Waals surface area contributed by atoms with E-state index in [1.807, 2.05) is 0 Å². The summed E-state index contributed by atoms with van der Waals surface area (Å²) in [6.45, 7) is 3.10. The molecule has 0 amide bonds. The molecule has 1 N–H and O–H groups in total. The average molecular weight is 188 g/mol. The van der Waals surface area contributed by atoms with Crippen molar-refractivity contribution in [3.05, 3.63) is 0 Å². The van der Waals surface area contributed by atoms with Gasteiger partial charge in [0.2, 0.25) is 0 Å². The minimum absolute atomic E-state index is 0.253. The minimum Gasteiger partial charge on any atom is -0.481 e. The second-order valence-corrected chi connectivity index (χ2v) is 3.46. The Hall–Kier alpha value is -0.650. The summed E-state index contributed by atoms with van der Waals surface area (Å²) in [7, 11) is 0. The van der Waals surface area contributed by atoms with E-state index in [1.165, 1.54) is 6.92 Å². The molecule has 3 saturated heterocycles. The highest BCUT2D eigenvalue weighted by Crippen LogP contribution is 2.35. The largest absolute Gasteiger partial charge is 0.481 e. The predicted octanol–water partition coefficient (Wildman–Crippen LogP) is 0.0541. The highest BCUT2D eigenvalue weighted by molar-refractivity contribution is 5.70. The van der Waals surface area contributed by atoms with Crippen LogP contribution in [-0.2, 0) is 19.0 Å². The number of rotatable bonds is 2. The van der Waals surface area contributed by atoms with E-state index in [2.05, 4.69) is 0 Å². The molecule has 1 unspecified atom stereocenters. The molecule has 5 nitrogen and oxygen atoms in total. The molecule has 3 heterocycles. The SMILES string of the molecule is CC(C(=O)O)C12OCC(CO1)CO2. The molecule has 5 heteroatoms. The minimum atomic E-state index is -1.33. The fraction of sp³-hybridized carbons (Fsp3) is 0.875. The Kier molecular flexibility index (Phi) is 2.02. The van der Waals surface area contributed by atoms with Gasteiger partial charge in [0, 0.05) is 5.92 Å². The Morgan fingerprint density at radius 2 is 1.85 bits per heavy atom. The molecule has 13 heavy (non-hydrogen) atoms. The first-order chi connectivity index (χ1) is 6.14. The molecule has 3 fully saturated rings. The van der Waals surface area contributed by atoms with Crippen molar-refractivity contribution in [1.82, 2.24) is 0 Å². The molecule has 2 bridgehead atoms. The highest BCUT2D eigenvalue weighted by atomic mass is 16.9. The van der Waals surface area contributed by atoms with Gasteiger partial charge in [-0.2, -0.15) is 0 Å². The normalized spacial score (nSPS) is 40.2. The monoisotopic (exact) mass is 188 g/mol. The molecule has 0 aromatic carbocycles. The van der Waals surface area contributed by atoms with E-state index in [1.54, 1.807) is 0 Å². The second-order valence-electron chi connectivity index (χ2n) is 3.46. The molecule has 0 aromatic heterocycles. The summed E-state index contributed by atoms with van der Waals surface area (Å²) in [4.78, 5) is 10.7. The van der Waals surface area contributed by atoms with E-state index in [0.717, 1.165) is 0 Å². The van der Waals surface area contributed by atoms with Crippen molar-refractivity contribution in [2.75, 3.05) is 19.8 Å². The molecule has 0 saturated carbocycles. The molecule has 3 rings (SSSR count). The quantitative estimate of drug-likeness (QED) is 0.663. The maximum absolute atomic E-state index is 10.7. The van der Waals surface area contributed by atoms with Gasteiger partial charge in [0.1, 0.15) is 5.92 Å². The summed E-state index contributed by atoms with van der Waals surface area (Å²) in [5.41, 5.74) is 0. The molecule has 0 spiro atoms. The molecule has 3 aliphatic rings. The maximum Gasteiger partial charge on any atom is 0.314 e. The first kappa shape index (κ1) is 8.93. The van der Waals surface area contributed by atoms with Crippen LogP contribution in [0.15, 0.2) is 0 Å². The fourth-order valence-corrected chi connectivity index (χ4v) is 1.50.